The SMILES string of the molecule is Cc1cccc2nc(C(=O)N(Cc3ccco3)Cc3cccs3)cn12. The van der Waals surface area contributed by atoms with Gasteiger partial charge in [-0.15, -0.1) is 11.3 Å². The number of fused-ring (bicyclic) bond motifs is 1. The van der Waals surface area contributed by atoms with Gasteiger partial charge in [0.15, 0.2) is 0 Å². The lowest BCUT2D eigenvalue weighted by molar-refractivity contribution is 0.0714. The van der Waals surface area contributed by atoms with Crippen molar-refractivity contribution >= 4 is 22.9 Å². The zero-order chi connectivity index (χ0) is 17.2. The van der Waals surface area contributed by atoms with E-state index in [9.17, 15) is 4.79 Å². The second-order valence-corrected chi connectivity index (χ2v) is 6.87. The van der Waals surface area contributed by atoms with Gasteiger partial charge in [-0.3, -0.25) is 4.79 Å². The summed E-state index contributed by atoms with van der Waals surface area (Å²) >= 11 is 1.63. The van der Waals surface area contributed by atoms with Crippen LogP contribution >= 0.6 is 11.3 Å². The summed E-state index contributed by atoms with van der Waals surface area (Å²) in [5.41, 5.74) is 2.26. The molecule has 0 radical (unpaired) electrons. The first-order valence-corrected chi connectivity index (χ1v) is 8.87. The molecule has 5 nitrogen and oxygen atoms in total. The largest absolute Gasteiger partial charge is 0.467 e. The maximum atomic E-state index is 13.1. The molecule has 0 saturated heterocycles. The molecule has 126 valence electrons. The summed E-state index contributed by atoms with van der Waals surface area (Å²) in [6.07, 6.45) is 3.42. The van der Waals surface area contributed by atoms with Crippen molar-refractivity contribution in [1.29, 1.82) is 0 Å². The van der Waals surface area contributed by atoms with Crippen molar-refractivity contribution in [1.82, 2.24) is 14.3 Å². The van der Waals surface area contributed by atoms with Crippen molar-refractivity contribution in [3.05, 3.63) is 82.3 Å². The Morgan fingerprint density at radius 2 is 2.12 bits per heavy atom. The maximum absolute atomic E-state index is 13.1. The van der Waals surface area contributed by atoms with Crippen LogP contribution in [0.3, 0.4) is 0 Å². The van der Waals surface area contributed by atoms with Crippen molar-refractivity contribution in [3.63, 3.8) is 0 Å². The normalized spacial score (nSPS) is 11.1. The highest BCUT2D eigenvalue weighted by Gasteiger charge is 2.21. The highest BCUT2D eigenvalue weighted by Crippen LogP contribution is 2.18. The Kier molecular flexibility index (Phi) is 4.11. The molecule has 0 saturated carbocycles. The first-order valence-electron chi connectivity index (χ1n) is 7.99. The van der Waals surface area contributed by atoms with E-state index < -0.39 is 0 Å². The molecule has 25 heavy (non-hydrogen) atoms. The third kappa shape index (κ3) is 3.21. The van der Waals surface area contributed by atoms with E-state index in [2.05, 4.69) is 4.98 Å². The topological polar surface area (TPSA) is 50.8 Å². The Morgan fingerprint density at radius 3 is 2.84 bits per heavy atom. The molecule has 0 fully saturated rings. The van der Waals surface area contributed by atoms with Gasteiger partial charge in [-0.1, -0.05) is 12.1 Å². The molecule has 4 heterocycles. The number of pyridine rings is 1. The zero-order valence-electron chi connectivity index (χ0n) is 13.8. The van der Waals surface area contributed by atoms with Gasteiger partial charge in [0.1, 0.15) is 17.1 Å². The number of hydrogen-bond donors (Lipinski definition) is 0. The minimum absolute atomic E-state index is 0.104. The molecule has 0 N–H and O–H groups in total. The first kappa shape index (κ1) is 15.7. The fraction of sp³-hybridized carbons (Fsp3) is 0.158. The summed E-state index contributed by atoms with van der Waals surface area (Å²) in [4.78, 5) is 20.5. The predicted molar refractivity (Wildman–Crippen MR) is 96.5 cm³/mol. The summed E-state index contributed by atoms with van der Waals surface area (Å²) in [5, 5.41) is 2.01. The number of thiophene rings is 1. The number of aromatic nitrogens is 2. The molecule has 0 aromatic carbocycles. The van der Waals surface area contributed by atoms with Gasteiger partial charge in [-0.05, 0) is 42.6 Å². The summed E-state index contributed by atoms with van der Waals surface area (Å²) < 4.78 is 7.37. The number of imidazole rings is 1. The highest BCUT2D eigenvalue weighted by atomic mass is 32.1. The molecule has 0 aliphatic rings. The standard InChI is InChI=1S/C19H17N3O2S/c1-14-5-2-8-18-20-17(13-22(14)18)19(23)21(11-15-6-3-9-24-15)12-16-7-4-10-25-16/h2-10,13H,11-12H2,1H3. The minimum atomic E-state index is -0.104. The Balaban J connectivity index is 1.66. The second-order valence-electron chi connectivity index (χ2n) is 5.84. The molecule has 0 aliphatic carbocycles. The number of carbonyl (C=O) groups excluding carboxylic acids is 1. The van der Waals surface area contributed by atoms with E-state index in [0.29, 0.717) is 18.8 Å². The molecule has 4 rings (SSSR count). The van der Waals surface area contributed by atoms with Crippen LogP contribution in [0.25, 0.3) is 5.65 Å². The Morgan fingerprint density at radius 1 is 1.20 bits per heavy atom. The maximum Gasteiger partial charge on any atom is 0.274 e. The van der Waals surface area contributed by atoms with Gasteiger partial charge >= 0.3 is 0 Å². The summed E-state index contributed by atoms with van der Waals surface area (Å²) in [6, 6.07) is 13.6. The third-order valence-electron chi connectivity index (χ3n) is 4.06. The molecule has 4 aromatic heterocycles. The van der Waals surface area contributed by atoms with Crippen LogP contribution in [-0.2, 0) is 13.1 Å². The van der Waals surface area contributed by atoms with Gasteiger partial charge < -0.3 is 13.7 Å². The second kappa shape index (κ2) is 6.57. The van der Waals surface area contributed by atoms with Gasteiger partial charge in [0, 0.05) is 16.8 Å². The van der Waals surface area contributed by atoms with Crippen LogP contribution in [0.1, 0.15) is 26.8 Å². The van der Waals surface area contributed by atoms with Crippen molar-refractivity contribution in [2.24, 2.45) is 0 Å². The number of furan rings is 1. The van der Waals surface area contributed by atoms with Crippen LogP contribution < -0.4 is 0 Å². The van der Waals surface area contributed by atoms with E-state index in [0.717, 1.165) is 22.0 Å². The van der Waals surface area contributed by atoms with Crippen LogP contribution in [0.4, 0.5) is 0 Å². The Bertz CT molecular complexity index is 951. The average molecular weight is 351 g/mol. The van der Waals surface area contributed by atoms with Gasteiger partial charge in [-0.25, -0.2) is 4.98 Å². The lowest BCUT2D eigenvalue weighted by atomic mass is 10.3. The first-order chi connectivity index (χ1) is 12.2. The lowest BCUT2D eigenvalue weighted by Gasteiger charge is -2.20. The average Bonchev–Trinajstić information content (AvgIpc) is 3.35. The van der Waals surface area contributed by atoms with Crippen LogP contribution in [-0.4, -0.2) is 20.2 Å². The number of hydrogen-bond acceptors (Lipinski definition) is 4. The highest BCUT2D eigenvalue weighted by molar-refractivity contribution is 7.09. The summed E-state index contributed by atoms with van der Waals surface area (Å²) in [7, 11) is 0. The van der Waals surface area contributed by atoms with E-state index in [-0.39, 0.29) is 5.91 Å². The third-order valence-corrected chi connectivity index (χ3v) is 4.92. The number of nitrogens with zero attached hydrogens (tertiary/aromatic N) is 3. The number of rotatable bonds is 5. The van der Waals surface area contributed by atoms with Gasteiger partial charge in [0.05, 0.1) is 19.4 Å². The van der Waals surface area contributed by atoms with E-state index in [1.165, 1.54) is 0 Å². The molecule has 0 atom stereocenters. The van der Waals surface area contributed by atoms with Crippen molar-refractivity contribution in [2.75, 3.05) is 0 Å². The Hall–Kier alpha value is -2.86. The molecule has 0 bridgehead atoms. The fourth-order valence-electron chi connectivity index (χ4n) is 2.79. The predicted octanol–water partition coefficient (Wildman–Crippen LogP) is 4.14. The van der Waals surface area contributed by atoms with E-state index in [1.54, 1.807) is 28.7 Å². The van der Waals surface area contributed by atoms with Crippen LogP contribution in [0.15, 0.2) is 64.7 Å². The van der Waals surface area contributed by atoms with Crippen molar-refractivity contribution in [2.45, 2.75) is 20.0 Å². The molecule has 4 aromatic rings. The van der Waals surface area contributed by atoms with E-state index in [1.807, 2.05) is 59.2 Å². The van der Waals surface area contributed by atoms with E-state index in [4.69, 9.17) is 4.42 Å². The molecule has 0 unspecified atom stereocenters. The molecule has 6 heteroatoms. The lowest BCUT2D eigenvalue weighted by Crippen LogP contribution is -2.30. The summed E-state index contributed by atoms with van der Waals surface area (Å²) in [6.45, 7) is 2.94. The van der Waals surface area contributed by atoms with Crippen molar-refractivity contribution in [3.8, 4) is 0 Å². The smallest absolute Gasteiger partial charge is 0.274 e. The van der Waals surface area contributed by atoms with Gasteiger partial charge in [0.25, 0.3) is 5.91 Å². The van der Waals surface area contributed by atoms with Crippen LogP contribution in [0.5, 0.6) is 0 Å². The van der Waals surface area contributed by atoms with Crippen molar-refractivity contribution < 1.29 is 9.21 Å². The van der Waals surface area contributed by atoms with Crippen LogP contribution in [0.2, 0.25) is 0 Å². The molecular formula is C19H17N3O2S. The van der Waals surface area contributed by atoms with Crippen LogP contribution in [0, 0.1) is 6.92 Å². The number of amides is 1. The number of aryl methyl sites for hydroxylation is 1. The monoisotopic (exact) mass is 351 g/mol. The quantitative estimate of drug-likeness (QED) is 0.543. The minimum Gasteiger partial charge on any atom is -0.467 e. The summed E-state index contributed by atoms with van der Waals surface area (Å²) in [5.74, 6) is 0.651. The van der Waals surface area contributed by atoms with E-state index >= 15 is 0 Å². The molecule has 0 spiro atoms. The number of carbonyl (C=O) groups is 1. The Labute approximate surface area is 149 Å². The molecule has 0 aliphatic heterocycles. The van der Waals surface area contributed by atoms with Gasteiger partial charge in [-0.2, -0.15) is 0 Å². The van der Waals surface area contributed by atoms with Gasteiger partial charge in [0.2, 0.25) is 0 Å². The fourth-order valence-corrected chi connectivity index (χ4v) is 3.51. The zero-order valence-corrected chi connectivity index (χ0v) is 14.6. The molecule has 1 amide bonds. The molecular weight excluding hydrogens is 334 g/mol.